The van der Waals surface area contributed by atoms with Crippen molar-refractivity contribution < 1.29 is 18.7 Å². The number of nitrogens with zero attached hydrogens (tertiary/aromatic N) is 3. The van der Waals surface area contributed by atoms with Crippen molar-refractivity contribution in [3.63, 3.8) is 0 Å². The Kier molecular flexibility index (Phi) is 7.26. The van der Waals surface area contributed by atoms with Gasteiger partial charge in [0.25, 0.3) is 5.91 Å². The number of nitrogens with one attached hydrogen (secondary N) is 1. The van der Waals surface area contributed by atoms with E-state index < -0.39 is 11.9 Å². The lowest BCUT2D eigenvalue weighted by atomic mass is 9.89. The second-order valence-corrected chi connectivity index (χ2v) is 10.3. The molecule has 1 saturated heterocycles. The number of halogens is 1. The summed E-state index contributed by atoms with van der Waals surface area (Å²) in [5.41, 5.74) is 3.29. The quantitative estimate of drug-likeness (QED) is 0.449. The molecule has 1 aromatic heterocycles. The van der Waals surface area contributed by atoms with Crippen LogP contribution in [0.25, 0.3) is 0 Å². The number of carbonyl (C=O) groups is 2. The van der Waals surface area contributed by atoms with Gasteiger partial charge in [0, 0.05) is 30.5 Å². The maximum absolute atomic E-state index is 14.4. The van der Waals surface area contributed by atoms with Crippen molar-refractivity contribution in [3.05, 3.63) is 77.4 Å². The van der Waals surface area contributed by atoms with E-state index in [-0.39, 0.29) is 17.6 Å². The summed E-state index contributed by atoms with van der Waals surface area (Å²) in [6, 6.07) is 12.0. The predicted octanol–water partition coefficient (Wildman–Crippen LogP) is 5.34. The molecule has 1 atom stereocenters. The number of anilines is 1. The third-order valence-electron chi connectivity index (χ3n) is 7.29. The molecule has 1 aliphatic carbocycles. The van der Waals surface area contributed by atoms with Gasteiger partial charge in [-0.05, 0) is 92.8 Å². The second kappa shape index (κ2) is 10.7. The average Bonchev–Trinajstić information content (AvgIpc) is 3.65. The molecule has 194 valence electrons. The van der Waals surface area contributed by atoms with Crippen LogP contribution in [0.4, 0.5) is 10.1 Å². The lowest BCUT2D eigenvalue weighted by Crippen LogP contribution is -2.38. The van der Waals surface area contributed by atoms with Gasteiger partial charge in [-0.1, -0.05) is 12.1 Å². The molecule has 37 heavy (non-hydrogen) atoms. The lowest BCUT2D eigenvalue weighted by Gasteiger charge is -2.32. The maximum atomic E-state index is 14.4. The first kappa shape index (κ1) is 25.0. The highest BCUT2D eigenvalue weighted by Crippen LogP contribution is 2.32. The Bertz CT molecular complexity index is 1260. The summed E-state index contributed by atoms with van der Waals surface area (Å²) in [4.78, 5) is 27.3. The molecule has 2 aliphatic rings. The molecular weight excluding hydrogens is 471 g/mol. The minimum Gasteiger partial charge on any atom is -0.490 e. The summed E-state index contributed by atoms with van der Waals surface area (Å²) >= 11 is 0. The zero-order valence-corrected chi connectivity index (χ0v) is 21.3. The molecule has 0 spiro atoms. The highest BCUT2D eigenvalue weighted by Gasteiger charge is 2.26. The van der Waals surface area contributed by atoms with Crippen molar-refractivity contribution in [2.45, 2.75) is 51.5 Å². The van der Waals surface area contributed by atoms with Crippen LogP contribution in [0.3, 0.4) is 0 Å². The van der Waals surface area contributed by atoms with E-state index in [9.17, 15) is 14.0 Å². The fraction of sp³-hybridized carbons (Fsp3) is 0.414. The first-order valence-corrected chi connectivity index (χ1v) is 13.0. The van der Waals surface area contributed by atoms with E-state index in [4.69, 9.17) is 4.74 Å². The van der Waals surface area contributed by atoms with Crippen LogP contribution >= 0.6 is 0 Å². The van der Waals surface area contributed by atoms with Gasteiger partial charge in [0.05, 0.1) is 12.8 Å². The molecule has 2 heterocycles. The molecule has 1 unspecified atom stereocenters. The fourth-order valence-corrected chi connectivity index (χ4v) is 4.69. The Balaban J connectivity index is 1.12. The zero-order chi connectivity index (χ0) is 25.9. The van der Waals surface area contributed by atoms with E-state index in [1.165, 1.54) is 11.6 Å². The minimum absolute atomic E-state index is 0.124. The van der Waals surface area contributed by atoms with Crippen LogP contribution in [0.1, 0.15) is 66.1 Å². The molecule has 1 aliphatic heterocycles. The molecule has 2 amide bonds. The van der Waals surface area contributed by atoms with Crippen LogP contribution in [0.5, 0.6) is 5.75 Å². The van der Waals surface area contributed by atoms with Crippen LogP contribution in [0.15, 0.2) is 54.9 Å². The van der Waals surface area contributed by atoms with Crippen LogP contribution in [0, 0.1) is 18.7 Å². The Morgan fingerprint density at radius 1 is 1.11 bits per heavy atom. The number of aryl methyl sites for hydroxylation is 1. The molecule has 0 radical (unpaired) electrons. The third-order valence-corrected chi connectivity index (χ3v) is 7.29. The SMILES string of the molecule is Cc1cnn(C(C)C(=O)Nc2ccc(C3CCN(C(=O)c4ccc(OCC5CC5)c(F)c4)CC3)cc2)c1. The summed E-state index contributed by atoms with van der Waals surface area (Å²) in [5.74, 6) is 0.329. The summed E-state index contributed by atoms with van der Waals surface area (Å²) in [5, 5.41) is 7.17. The highest BCUT2D eigenvalue weighted by atomic mass is 19.1. The topological polar surface area (TPSA) is 76.5 Å². The Hall–Kier alpha value is -3.68. The van der Waals surface area contributed by atoms with Gasteiger partial charge in [-0.3, -0.25) is 14.3 Å². The van der Waals surface area contributed by atoms with Crippen molar-refractivity contribution in [2.24, 2.45) is 5.92 Å². The molecule has 0 bridgehead atoms. The first-order valence-electron chi connectivity index (χ1n) is 13.0. The lowest BCUT2D eigenvalue weighted by molar-refractivity contribution is -0.119. The van der Waals surface area contributed by atoms with Crippen molar-refractivity contribution in [1.82, 2.24) is 14.7 Å². The van der Waals surface area contributed by atoms with Crippen LogP contribution in [0.2, 0.25) is 0 Å². The molecule has 7 nitrogen and oxygen atoms in total. The molecule has 5 rings (SSSR count). The summed E-state index contributed by atoms with van der Waals surface area (Å²) < 4.78 is 21.6. The zero-order valence-electron chi connectivity index (χ0n) is 21.3. The Morgan fingerprint density at radius 2 is 1.84 bits per heavy atom. The number of likely N-dealkylation sites (tertiary alicyclic amines) is 1. The summed E-state index contributed by atoms with van der Waals surface area (Å²) in [7, 11) is 0. The van der Waals surface area contributed by atoms with Gasteiger partial charge in [-0.2, -0.15) is 5.10 Å². The fourth-order valence-electron chi connectivity index (χ4n) is 4.69. The number of rotatable bonds is 8. The molecule has 3 aromatic rings. The maximum Gasteiger partial charge on any atom is 0.253 e. The van der Waals surface area contributed by atoms with E-state index in [2.05, 4.69) is 10.4 Å². The van der Waals surface area contributed by atoms with E-state index >= 15 is 0 Å². The molecule has 1 saturated carbocycles. The van der Waals surface area contributed by atoms with Gasteiger partial charge in [-0.15, -0.1) is 0 Å². The van der Waals surface area contributed by atoms with Gasteiger partial charge >= 0.3 is 0 Å². The van der Waals surface area contributed by atoms with Gasteiger partial charge in [0.2, 0.25) is 5.91 Å². The Morgan fingerprint density at radius 3 is 2.46 bits per heavy atom. The van der Waals surface area contributed by atoms with Gasteiger partial charge in [-0.25, -0.2) is 4.39 Å². The summed E-state index contributed by atoms with van der Waals surface area (Å²) in [6.07, 6.45) is 7.52. The third kappa shape index (κ3) is 6.01. The van der Waals surface area contributed by atoms with Crippen LogP contribution in [-0.2, 0) is 4.79 Å². The number of carbonyl (C=O) groups excluding carboxylic acids is 2. The summed E-state index contributed by atoms with van der Waals surface area (Å²) in [6.45, 7) is 5.52. The van der Waals surface area contributed by atoms with E-state index in [0.717, 1.165) is 36.9 Å². The van der Waals surface area contributed by atoms with Crippen molar-refractivity contribution >= 4 is 17.5 Å². The second-order valence-electron chi connectivity index (χ2n) is 10.3. The van der Waals surface area contributed by atoms with E-state index in [1.807, 2.05) is 44.3 Å². The average molecular weight is 505 g/mol. The molecule has 2 aromatic carbocycles. The highest BCUT2D eigenvalue weighted by molar-refractivity contribution is 5.94. The monoisotopic (exact) mass is 504 g/mol. The number of ether oxygens (including phenoxy) is 1. The Labute approximate surface area is 216 Å². The number of benzene rings is 2. The van der Waals surface area contributed by atoms with E-state index in [1.54, 1.807) is 27.9 Å². The minimum atomic E-state index is -0.484. The van der Waals surface area contributed by atoms with Gasteiger partial charge in [0.1, 0.15) is 6.04 Å². The number of piperidine rings is 1. The largest absolute Gasteiger partial charge is 0.490 e. The molecule has 1 N–H and O–H groups in total. The van der Waals surface area contributed by atoms with Crippen molar-refractivity contribution in [2.75, 3.05) is 25.0 Å². The standard InChI is InChI=1S/C29H33FN4O3/c1-19-16-31-34(17-19)20(2)28(35)32-25-8-5-22(6-9-25)23-11-13-33(14-12-23)29(36)24-7-10-27(26(30)15-24)37-18-21-3-4-21/h5-10,15-17,20-21,23H,3-4,11-14,18H2,1-2H3,(H,32,35). The van der Waals surface area contributed by atoms with E-state index in [0.29, 0.717) is 37.1 Å². The first-order chi connectivity index (χ1) is 17.9. The van der Waals surface area contributed by atoms with Crippen molar-refractivity contribution in [1.29, 1.82) is 0 Å². The number of amides is 2. The van der Waals surface area contributed by atoms with Crippen molar-refractivity contribution in [3.8, 4) is 5.75 Å². The van der Waals surface area contributed by atoms with Gasteiger partial charge < -0.3 is 15.0 Å². The molecule has 2 fully saturated rings. The molecule has 8 heteroatoms. The number of hydrogen-bond donors (Lipinski definition) is 1. The smallest absolute Gasteiger partial charge is 0.253 e. The van der Waals surface area contributed by atoms with Crippen LogP contribution in [-0.4, -0.2) is 46.2 Å². The van der Waals surface area contributed by atoms with Gasteiger partial charge in [0.15, 0.2) is 11.6 Å². The normalized spacial score (nSPS) is 16.9. The number of hydrogen-bond acceptors (Lipinski definition) is 4. The molecular formula is C29H33FN4O3. The predicted molar refractivity (Wildman–Crippen MR) is 139 cm³/mol. The number of aromatic nitrogens is 2. The van der Waals surface area contributed by atoms with Crippen LogP contribution < -0.4 is 10.1 Å².